The second-order valence-electron chi connectivity index (χ2n) is 6.70. The Labute approximate surface area is 156 Å². The standard InChI is InChI=1S/C21H21FN2O3/c1-13-16(15-5-4-6-17(22)21(15)24-13)11-20(25)23-10-9-14-12-26-18-7-2-3-8-19(18)27-14/h2-8,14,24H,9-12H2,1H3,(H,23,25)/t14-/m1/s1. The molecule has 0 aliphatic carbocycles. The number of aromatic amines is 1. The van der Waals surface area contributed by atoms with Crippen molar-refractivity contribution in [2.24, 2.45) is 0 Å². The van der Waals surface area contributed by atoms with Gasteiger partial charge in [0, 0.05) is 24.0 Å². The van der Waals surface area contributed by atoms with Gasteiger partial charge in [-0.2, -0.15) is 0 Å². The van der Waals surface area contributed by atoms with Crippen molar-refractivity contribution < 1.29 is 18.7 Å². The molecule has 0 saturated heterocycles. The summed E-state index contributed by atoms with van der Waals surface area (Å²) in [5.74, 6) is 1.08. The number of nitrogens with one attached hydrogen (secondary N) is 2. The van der Waals surface area contributed by atoms with Crippen LogP contribution in [0, 0.1) is 12.7 Å². The molecule has 2 aromatic carbocycles. The maximum absolute atomic E-state index is 13.9. The minimum absolute atomic E-state index is 0.0934. The van der Waals surface area contributed by atoms with Crippen LogP contribution in [0.25, 0.3) is 10.9 Å². The number of para-hydroxylation sites is 3. The Hall–Kier alpha value is -3.02. The van der Waals surface area contributed by atoms with Crippen LogP contribution in [-0.2, 0) is 11.2 Å². The van der Waals surface area contributed by atoms with Crippen molar-refractivity contribution in [2.45, 2.75) is 25.9 Å². The van der Waals surface area contributed by atoms with Crippen LogP contribution in [0.15, 0.2) is 42.5 Å². The number of aryl methyl sites for hydroxylation is 1. The molecule has 1 aliphatic heterocycles. The molecule has 1 amide bonds. The molecule has 0 saturated carbocycles. The number of aromatic nitrogens is 1. The first-order valence-electron chi connectivity index (χ1n) is 9.02. The monoisotopic (exact) mass is 368 g/mol. The van der Waals surface area contributed by atoms with E-state index in [1.807, 2.05) is 37.3 Å². The molecule has 6 heteroatoms. The second-order valence-corrected chi connectivity index (χ2v) is 6.70. The number of rotatable bonds is 5. The quantitative estimate of drug-likeness (QED) is 0.724. The molecule has 1 aliphatic rings. The third-order valence-electron chi connectivity index (χ3n) is 4.80. The highest BCUT2D eigenvalue weighted by molar-refractivity contribution is 5.90. The predicted octanol–water partition coefficient (Wildman–Crippen LogP) is 3.50. The van der Waals surface area contributed by atoms with Crippen molar-refractivity contribution >= 4 is 16.8 Å². The fourth-order valence-electron chi connectivity index (χ4n) is 3.40. The smallest absolute Gasteiger partial charge is 0.224 e. The fraction of sp³-hybridized carbons (Fsp3) is 0.286. The Bertz CT molecular complexity index is 983. The molecule has 140 valence electrons. The molecule has 1 atom stereocenters. The first-order valence-corrected chi connectivity index (χ1v) is 9.02. The molecule has 0 radical (unpaired) electrons. The highest BCUT2D eigenvalue weighted by Gasteiger charge is 2.20. The van der Waals surface area contributed by atoms with E-state index < -0.39 is 0 Å². The Morgan fingerprint density at radius 1 is 1.22 bits per heavy atom. The number of benzene rings is 2. The van der Waals surface area contributed by atoms with Crippen molar-refractivity contribution in [3.05, 3.63) is 59.5 Å². The normalized spacial score (nSPS) is 15.7. The summed E-state index contributed by atoms with van der Waals surface area (Å²) in [6.07, 6.45) is 0.769. The maximum atomic E-state index is 13.9. The molecular formula is C21H21FN2O3. The van der Waals surface area contributed by atoms with E-state index in [9.17, 15) is 9.18 Å². The zero-order valence-corrected chi connectivity index (χ0v) is 15.0. The number of ether oxygens (including phenoxy) is 2. The molecule has 2 heterocycles. The lowest BCUT2D eigenvalue weighted by molar-refractivity contribution is -0.120. The van der Waals surface area contributed by atoms with Gasteiger partial charge in [0.2, 0.25) is 5.91 Å². The highest BCUT2D eigenvalue weighted by atomic mass is 19.1. The molecule has 5 nitrogen and oxygen atoms in total. The van der Waals surface area contributed by atoms with Crippen LogP contribution in [0.4, 0.5) is 4.39 Å². The molecule has 27 heavy (non-hydrogen) atoms. The van der Waals surface area contributed by atoms with Crippen molar-refractivity contribution in [3.8, 4) is 11.5 Å². The maximum Gasteiger partial charge on any atom is 0.224 e. The molecular weight excluding hydrogens is 347 g/mol. The summed E-state index contributed by atoms with van der Waals surface area (Å²) in [6, 6.07) is 12.4. The predicted molar refractivity (Wildman–Crippen MR) is 101 cm³/mol. The zero-order valence-electron chi connectivity index (χ0n) is 15.0. The van der Waals surface area contributed by atoms with Crippen LogP contribution >= 0.6 is 0 Å². The van der Waals surface area contributed by atoms with E-state index in [2.05, 4.69) is 10.3 Å². The Kier molecular flexibility index (Phi) is 4.71. The van der Waals surface area contributed by atoms with Gasteiger partial charge in [0.25, 0.3) is 0 Å². The summed E-state index contributed by atoms with van der Waals surface area (Å²) in [4.78, 5) is 15.4. The van der Waals surface area contributed by atoms with Crippen molar-refractivity contribution in [3.63, 3.8) is 0 Å². The molecule has 2 N–H and O–H groups in total. The molecule has 0 bridgehead atoms. The van der Waals surface area contributed by atoms with Crippen LogP contribution in [0.2, 0.25) is 0 Å². The molecule has 0 fully saturated rings. The average Bonchev–Trinajstić information content (AvgIpc) is 2.99. The van der Waals surface area contributed by atoms with Crippen molar-refractivity contribution in [1.29, 1.82) is 0 Å². The van der Waals surface area contributed by atoms with Gasteiger partial charge in [0.05, 0.1) is 11.9 Å². The second kappa shape index (κ2) is 7.31. The zero-order chi connectivity index (χ0) is 18.8. The largest absolute Gasteiger partial charge is 0.486 e. The van der Waals surface area contributed by atoms with Gasteiger partial charge >= 0.3 is 0 Å². The van der Waals surface area contributed by atoms with Gasteiger partial charge in [0.15, 0.2) is 11.5 Å². The van der Waals surface area contributed by atoms with Gasteiger partial charge in [-0.05, 0) is 30.7 Å². The van der Waals surface area contributed by atoms with Crippen molar-refractivity contribution in [2.75, 3.05) is 13.2 Å². The van der Waals surface area contributed by atoms with Gasteiger partial charge in [-0.15, -0.1) is 0 Å². The van der Waals surface area contributed by atoms with Crippen LogP contribution in [0.5, 0.6) is 11.5 Å². The summed E-state index contributed by atoms with van der Waals surface area (Å²) in [6.45, 7) is 2.81. The minimum atomic E-state index is -0.308. The molecule has 4 rings (SSSR count). The number of carbonyl (C=O) groups is 1. The van der Waals surface area contributed by atoms with Gasteiger partial charge in [-0.3, -0.25) is 4.79 Å². The summed E-state index contributed by atoms with van der Waals surface area (Å²) < 4.78 is 25.4. The summed E-state index contributed by atoms with van der Waals surface area (Å²) in [5, 5.41) is 3.67. The first kappa shape index (κ1) is 17.4. The third-order valence-corrected chi connectivity index (χ3v) is 4.80. The summed E-state index contributed by atoms with van der Waals surface area (Å²) >= 11 is 0. The van der Waals surface area contributed by atoms with E-state index in [-0.39, 0.29) is 24.2 Å². The minimum Gasteiger partial charge on any atom is -0.486 e. The fourth-order valence-corrected chi connectivity index (χ4v) is 3.40. The van der Waals surface area contributed by atoms with Gasteiger partial charge in [-0.25, -0.2) is 4.39 Å². The number of hydrogen-bond acceptors (Lipinski definition) is 3. The van der Waals surface area contributed by atoms with Crippen molar-refractivity contribution in [1.82, 2.24) is 10.3 Å². The van der Waals surface area contributed by atoms with Gasteiger partial charge in [-0.1, -0.05) is 24.3 Å². The molecule has 1 aromatic heterocycles. The lowest BCUT2D eigenvalue weighted by Gasteiger charge is -2.26. The number of fused-ring (bicyclic) bond motifs is 2. The molecule has 3 aromatic rings. The average molecular weight is 368 g/mol. The molecule has 0 spiro atoms. The molecule has 0 unspecified atom stereocenters. The van der Waals surface area contributed by atoms with Crippen LogP contribution < -0.4 is 14.8 Å². The lowest BCUT2D eigenvalue weighted by atomic mass is 10.1. The lowest BCUT2D eigenvalue weighted by Crippen LogP contribution is -2.34. The summed E-state index contributed by atoms with van der Waals surface area (Å²) in [5.41, 5.74) is 2.09. The number of H-pyrrole nitrogens is 1. The number of amides is 1. The first-order chi connectivity index (χ1) is 13.1. The van der Waals surface area contributed by atoms with E-state index in [1.54, 1.807) is 6.07 Å². The number of halogens is 1. The number of hydrogen-bond donors (Lipinski definition) is 2. The van der Waals surface area contributed by atoms with Crippen LogP contribution in [0.3, 0.4) is 0 Å². The van der Waals surface area contributed by atoms with E-state index in [1.165, 1.54) is 6.07 Å². The van der Waals surface area contributed by atoms with E-state index in [0.717, 1.165) is 28.1 Å². The Morgan fingerprint density at radius 2 is 2.04 bits per heavy atom. The van der Waals surface area contributed by atoms with Crippen LogP contribution in [0.1, 0.15) is 17.7 Å². The van der Waals surface area contributed by atoms with Crippen LogP contribution in [-0.4, -0.2) is 30.1 Å². The van der Waals surface area contributed by atoms with Gasteiger partial charge < -0.3 is 19.8 Å². The topological polar surface area (TPSA) is 63.4 Å². The van der Waals surface area contributed by atoms with Gasteiger partial charge in [0.1, 0.15) is 18.5 Å². The highest BCUT2D eigenvalue weighted by Crippen LogP contribution is 2.31. The Balaban J connectivity index is 1.32. The van der Waals surface area contributed by atoms with E-state index >= 15 is 0 Å². The van der Waals surface area contributed by atoms with E-state index in [4.69, 9.17) is 9.47 Å². The number of carbonyl (C=O) groups excluding carboxylic acids is 1. The third kappa shape index (κ3) is 3.60. The Morgan fingerprint density at radius 3 is 2.89 bits per heavy atom. The van der Waals surface area contributed by atoms with E-state index in [0.29, 0.717) is 25.1 Å². The summed E-state index contributed by atoms with van der Waals surface area (Å²) in [7, 11) is 0. The SMILES string of the molecule is Cc1[nH]c2c(F)cccc2c1CC(=O)NCC[C@@H]1COc2ccccc2O1.